The van der Waals surface area contributed by atoms with Gasteiger partial charge in [-0.3, -0.25) is 19.6 Å². The minimum atomic E-state index is 0.0152. The topological polar surface area (TPSA) is 63.2 Å². The summed E-state index contributed by atoms with van der Waals surface area (Å²) in [6, 6.07) is 13.0. The van der Waals surface area contributed by atoms with Crippen molar-refractivity contribution in [2.45, 2.75) is 40.0 Å². The van der Waals surface area contributed by atoms with Crippen molar-refractivity contribution in [1.82, 2.24) is 9.97 Å². The molecule has 3 rings (SSSR count). The third kappa shape index (κ3) is 5.36. The Morgan fingerprint density at radius 1 is 1.06 bits per heavy atom. The van der Waals surface area contributed by atoms with E-state index >= 15 is 0 Å². The number of pyridine rings is 2. The summed E-state index contributed by atoms with van der Waals surface area (Å²) in [5.74, 6) is 0.0570. The molecule has 3 aromatic rings. The minimum absolute atomic E-state index is 0.0152. The van der Waals surface area contributed by atoms with Crippen LogP contribution in [0, 0.1) is 13.8 Å². The molecule has 0 unspecified atom stereocenters. The van der Waals surface area contributed by atoms with E-state index in [0.717, 1.165) is 28.2 Å². The maximum Gasteiger partial charge on any atom is 0.226 e. The van der Waals surface area contributed by atoms with Crippen molar-refractivity contribution in [3.05, 3.63) is 76.2 Å². The Balaban J connectivity index is 1.70. The molecular formula is C25H26ClN3O2. The van der Waals surface area contributed by atoms with E-state index in [9.17, 15) is 9.59 Å². The van der Waals surface area contributed by atoms with Gasteiger partial charge in [-0.05, 0) is 62.2 Å². The lowest BCUT2D eigenvalue weighted by Crippen LogP contribution is -2.24. The molecule has 31 heavy (non-hydrogen) atoms. The highest BCUT2D eigenvalue weighted by Gasteiger charge is 2.13. The predicted octanol–water partition coefficient (Wildman–Crippen LogP) is 5.60. The van der Waals surface area contributed by atoms with Crippen molar-refractivity contribution < 1.29 is 9.59 Å². The summed E-state index contributed by atoms with van der Waals surface area (Å²) in [4.78, 5) is 35.0. The molecule has 0 spiro atoms. The molecule has 0 radical (unpaired) electrons. The first-order valence-corrected chi connectivity index (χ1v) is 10.7. The van der Waals surface area contributed by atoms with Gasteiger partial charge in [-0.15, -0.1) is 0 Å². The monoisotopic (exact) mass is 435 g/mol. The predicted molar refractivity (Wildman–Crippen MR) is 125 cm³/mol. The highest BCUT2D eigenvalue weighted by atomic mass is 35.5. The Morgan fingerprint density at radius 2 is 1.84 bits per heavy atom. The number of ketones is 1. The van der Waals surface area contributed by atoms with Crippen molar-refractivity contribution in [2.75, 3.05) is 11.9 Å². The highest BCUT2D eigenvalue weighted by molar-refractivity contribution is 6.33. The summed E-state index contributed by atoms with van der Waals surface area (Å²) in [6.07, 6.45) is 3.07. The number of rotatable bonds is 7. The van der Waals surface area contributed by atoms with Crippen LogP contribution in [0.1, 0.15) is 47.1 Å². The average molecular weight is 436 g/mol. The lowest BCUT2D eigenvalue weighted by molar-refractivity contribution is -0.118. The first-order valence-electron chi connectivity index (χ1n) is 10.3. The number of aromatic nitrogens is 2. The summed E-state index contributed by atoms with van der Waals surface area (Å²) >= 11 is 6.45. The number of carbonyl (C=O) groups is 2. The van der Waals surface area contributed by atoms with E-state index < -0.39 is 0 Å². The maximum absolute atomic E-state index is 12.6. The van der Waals surface area contributed by atoms with Gasteiger partial charge in [0.25, 0.3) is 0 Å². The summed E-state index contributed by atoms with van der Waals surface area (Å²) in [6.45, 7) is 5.74. The molecule has 160 valence electrons. The van der Waals surface area contributed by atoms with Crippen molar-refractivity contribution in [3.8, 4) is 11.3 Å². The highest BCUT2D eigenvalue weighted by Crippen LogP contribution is 2.30. The van der Waals surface area contributed by atoms with Crippen LogP contribution >= 0.6 is 11.6 Å². The zero-order chi connectivity index (χ0) is 22.5. The Hall–Kier alpha value is -3.05. The molecule has 0 bridgehead atoms. The van der Waals surface area contributed by atoms with Gasteiger partial charge < -0.3 is 4.90 Å². The van der Waals surface area contributed by atoms with Crippen molar-refractivity contribution in [2.24, 2.45) is 0 Å². The van der Waals surface area contributed by atoms with Gasteiger partial charge in [0.2, 0.25) is 5.91 Å². The molecule has 6 heteroatoms. The number of hydrogen-bond acceptors (Lipinski definition) is 4. The Morgan fingerprint density at radius 3 is 2.45 bits per heavy atom. The number of anilines is 1. The average Bonchev–Trinajstić information content (AvgIpc) is 2.77. The zero-order valence-electron chi connectivity index (χ0n) is 18.3. The normalized spacial score (nSPS) is 10.7. The van der Waals surface area contributed by atoms with Crippen molar-refractivity contribution >= 4 is 29.0 Å². The number of carbonyl (C=O) groups excluding carboxylic acids is 2. The van der Waals surface area contributed by atoms with Gasteiger partial charge in [0.1, 0.15) is 0 Å². The van der Waals surface area contributed by atoms with E-state index in [4.69, 9.17) is 11.6 Å². The second-order valence-corrected chi connectivity index (χ2v) is 7.93. The van der Waals surface area contributed by atoms with E-state index in [1.807, 2.05) is 45.0 Å². The quantitative estimate of drug-likeness (QED) is 0.453. The minimum Gasteiger partial charge on any atom is -0.315 e. The molecule has 0 saturated carbocycles. The number of hydrogen-bond donors (Lipinski definition) is 0. The summed E-state index contributed by atoms with van der Waals surface area (Å²) in [7, 11) is 1.73. The smallest absolute Gasteiger partial charge is 0.226 e. The lowest BCUT2D eigenvalue weighted by atomic mass is 10.0. The standard InChI is InChI=1S/C25H26ClN3O2/c1-5-25(31)29(4)20-10-11-21(22(26)14-20)23-12-8-19(15-27-23)24(30)13-9-18-7-6-16(2)28-17(18)3/h6-8,10-12,14-15H,5,9,13H2,1-4H3. The molecule has 2 heterocycles. The van der Waals surface area contributed by atoms with Crippen LogP contribution in [0.4, 0.5) is 5.69 Å². The van der Waals surface area contributed by atoms with Crippen LogP contribution in [-0.4, -0.2) is 28.7 Å². The number of nitrogens with zero attached hydrogens (tertiary/aromatic N) is 3. The second-order valence-electron chi connectivity index (χ2n) is 7.52. The first kappa shape index (κ1) is 22.6. The summed E-state index contributed by atoms with van der Waals surface area (Å²) in [5, 5.41) is 0.502. The Labute approximate surface area is 188 Å². The van der Waals surface area contributed by atoms with E-state index in [1.54, 1.807) is 36.3 Å². The van der Waals surface area contributed by atoms with Gasteiger partial charge in [0.05, 0.1) is 10.7 Å². The van der Waals surface area contributed by atoms with E-state index in [2.05, 4.69) is 9.97 Å². The molecule has 0 atom stereocenters. The van der Waals surface area contributed by atoms with E-state index in [0.29, 0.717) is 35.5 Å². The first-order chi connectivity index (χ1) is 14.8. The van der Waals surface area contributed by atoms with Crippen LogP contribution in [0.25, 0.3) is 11.3 Å². The van der Waals surface area contributed by atoms with Crippen LogP contribution in [0.3, 0.4) is 0 Å². The number of benzene rings is 1. The summed E-state index contributed by atoms with van der Waals surface area (Å²) < 4.78 is 0. The van der Waals surface area contributed by atoms with Gasteiger partial charge in [-0.2, -0.15) is 0 Å². The lowest BCUT2D eigenvalue weighted by Gasteiger charge is -2.17. The SMILES string of the molecule is CCC(=O)N(C)c1ccc(-c2ccc(C(=O)CCc3ccc(C)nc3C)cn2)c(Cl)c1. The fourth-order valence-corrected chi connectivity index (χ4v) is 3.66. The van der Waals surface area contributed by atoms with Gasteiger partial charge in [0, 0.05) is 54.3 Å². The van der Waals surface area contributed by atoms with Crippen LogP contribution < -0.4 is 4.90 Å². The molecule has 0 aliphatic rings. The molecule has 0 fully saturated rings. The van der Waals surface area contributed by atoms with E-state index in [1.165, 1.54) is 0 Å². The molecule has 0 saturated heterocycles. The molecule has 0 N–H and O–H groups in total. The van der Waals surface area contributed by atoms with Crippen LogP contribution in [-0.2, 0) is 11.2 Å². The zero-order valence-corrected chi connectivity index (χ0v) is 19.0. The molecule has 5 nitrogen and oxygen atoms in total. The van der Waals surface area contributed by atoms with Gasteiger partial charge in [-0.25, -0.2) is 0 Å². The van der Waals surface area contributed by atoms with Gasteiger partial charge in [0.15, 0.2) is 5.78 Å². The van der Waals surface area contributed by atoms with Crippen LogP contribution in [0.15, 0.2) is 48.7 Å². The number of halogens is 1. The molecular weight excluding hydrogens is 410 g/mol. The fraction of sp³-hybridized carbons (Fsp3) is 0.280. The number of aryl methyl sites for hydroxylation is 3. The molecule has 0 aliphatic carbocycles. The van der Waals surface area contributed by atoms with Gasteiger partial charge in [-0.1, -0.05) is 24.6 Å². The van der Waals surface area contributed by atoms with E-state index in [-0.39, 0.29) is 11.7 Å². The largest absolute Gasteiger partial charge is 0.315 e. The molecule has 0 aliphatic heterocycles. The molecule has 2 aromatic heterocycles. The Kier molecular flexibility index (Phi) is 7.18. The van der Waals surface area contributed by atoms with Crippen LogP contribution in [0.5, 0.6) is 0 Å². The van der Waals surface area contributed by atoms with Gasteiger partial charge >= 0.3 is 0 Å². The third-order valence-corrected chi connectivity index (χ3v) is 5.65. The summed E-state index contributed by atoms with van der Waals surface area (Å²) in [5.41, 5.74) is 5.75. The number of amides is 1. The molecule has 1 aromatic carbocycles. The molecule has 1 amide bonds. The Bertz CT molecular complexity index is 1110. The fourth-order valence-electron chi connectivity index (χ4n) is 3.39. The van der Waals surface area contributed by atoms with Crippen molar-refractivity contribution in [3.63, 3.8) is 0 Å². The van der Waals surface area contributed by atoms with Crippen LogP contribution in [0.2, 0.25) is 5.02 Å². The second kappa shape index (κ2) is 9.84. The van der Waals surface area contributed by atoms with Crippen molar-refractivity contribution in [1.29, 1.82) is 0 Å². The third-order valence-electron chi connectivity index (χ3n) is 5.33. The number of Topliss-reactive ketones (excluding diaryl/α,β-unsaturated/α-hetero) is 1. The maximum atomic E-state index is 12.6.